The first-order chi connectivity index (χ1) is 16.0. The third kappa shape index (κ3) is 4.85. The van der Waals surface area contributed by atoms with Crippen LogP contribution in [0.15, 0.2) is 53.4 Å². The van der Waals surface area contributed by atoms with Gasteiger partial charge in [-0.2, -0.15) is 4.31 Å². The van der Waals surface area contributed by atoms with E-state index in [1.165, 1.54) is 22.5 Å². The van der Waals surface area contributed by atoms with Crippen LogP contribution < -0.4 is 0 Å². The van der Waals surface area contributed by atoms with Gasteiger partial charge in [0, 0.05) is 43.1 Å². The average Bonchev–Trinajstić information content (AvgIpc) is 2.79. The highest BCUT2D eigenvalue weighted by Gasteiger charge is 2.50. The molecule has 2 aliphatic rings. The third-order valence-electron chi connectivity index (χ3n) is 6.69. The third-order valence-corrected chi connectivity index (χ3v) is 8.59. The van der Waals surface area contributed by atoms with E-state index in [1.54, 1.807) is 6.07 Å². The summed E-state index contributed by atoms with van der Waals surface area (Å²) in [5.41, 5.74) is 2.02. The second-order valence-corrected chi connectivity index (χ2v) is 10.7. The number of halogens is 1. The van der Waals surface area contributed by atoms with Crippen LogP contribution in [-0.2, 0) is 10.0 Å². The molecule has 2 saturated heterocycles. The smallest absolute Gasteiger partial charge is 0.246 e. The first kappa shape index (κ1) is 23.9. The number of aliphatic hydroxyl groups is 1. The zero-order chi connectivity index (χ0) is 23.4. The molecule has 7 heteroatoms. The lowest BCUT2D eigenvalue weighted by Crippen LogP contribution is -2.67. The lowest BCUT2D eigenvalue weighted by Gasteiger charge is -2.57. The number of hydrogen-bond acceptors (Lipinski definition) is 4. The molecule has 0 unspecified atom stereocenters. The van der Waals surface area contributed by atoms with Gasteiger partial charge in [0.2, 0.25) is 10.0 Å². The van der Waals surface area contributed by atoms with Crippen molar-refractivity contribution < 1.29 is 17.9 Å². The van der Waals surface area contributed by atoms with Crippen LogP contribution in [0.5, 0.6) is 0 Å². The molecule has 0 saturated carbocycles. The summed E-state index contributed by atoms with van der Waals surface area (Å²) in [6.07, 6.45) is 3.41. The minimum absolute atomic E-state index is 0.00377. The maximum absolute atomic E-state index is 14.4. The lowest BCUT2D eigenvalue weighted by atomic mass is 9.74. The van der Waals surface area contributed by atoms with Gasteiger partial charge in [-0.1, -0.05) is 43.0 Å². The normalized spacial score (nSPS) is 24.0. The molecular weight excluding hydrogens is 439 g/mol. The predicted molar refractivity (Wildman–Crippen MR) is 127 cm³/mol. The summed E-state index contributed by atoms with van der Waals surface area (Å²) >= 11 is 0. The van der Waals surface area contributed by atoms with E-state index in [0.717, 1.165) is 36.9 Å². The Morgan fingerprint density at radius 3 is 2.52 bits per heavy atom. The van der Waals surface area contributed by atoms with Crippen LogP contribution in [-0.4, -0.2) is 61.1 Å². The van der Waals surface area contributed by atoms with E-state index in [4.69, 9.17) is 0 Å². The molecule has 4 rings (SSSR count). The van der Waals surface area contributed by atoms with Gasteiger partial charge in [-0.05, 0) is 55.6 Å². The van der Waals surface area contributed by atoms with Crippen molar-refractivity contribution in [3.8, 4) is 11.8 Å². The van der Waals surface area contributed by atoms with E-state index < -0.39 is 15.8 Å². The molecule has 2 fully saturated rings. The molecule has 5 nitrogen and oxygen atoms in total. The maximum atomic E-state index is 14.4. The summed E-state index contributed by atoms with van der Waals surface area (Å²) < 4.78 is 42.4. The topological polar surface area (TPSA) is 60.9 Å². The monoisotopic (exact) mass is 470 g/mol. The van der Waals surface area contributed by atoms with Crippen molar-refractivity contribution in [3.63, 3.8) is 0 Å². The van der Waals surface area contributed by atoms with Crippen molar-refractivity contribution in [1.82, 2.24) is 9.21 Å². The molecule has 0 aromatic heterocycles. The van der Waals surface area contributed by atoms with Gasteiger partial charge in [0.15, 0.2) is 0 Å². The van der Waals surface area contributed by atoms with Gasteiger partial charge in [0.25, 0.3) is 0 Å². The minimum Gasteiger partial charge on any atom is -0.395 e. The van der Waals surface area contributed by atoms with Crippen molar-refractivity contribution in [2.75, 3.05) is 26.2 Å². The first-order valence-electron chi connectivity index (χ1n) is 11.7. The van der Waals surface area contributed by atoms with E-state index >= 15 is 0 Å². The molecule has 33 heavy (non-hydrogen) atoms. The fraction of sp³-hybridized carbons (Fsp3) is 0.462. The van der Waals surface area contributed by atoms with Crippen LogP contribution in [0.3, 0.4) is 0 Å². The van der Waals surface area contributed by atoms with Gasteiger partial charge >= 0.3 is 0 Å². The Morgan fingerprint density at radius 1 is 1.09 bits per heavy atom. The van der Waals surface area contributed by atoms with Gasteiger partial charge in [0.1, 0.15) is 10.7 Å². The summed E-state index contributed by atoms with van der Waals surface area (Å²) in [7, 11) is -3.95. The van der Waals surface area contributed by atoms with E-state index in [1.807, 2.05) is 24.3 Å². The highest BCUT2D eigenvalue weighted by molar-refractivity contribution is 7.89. The summed E-state index contributed by atoms with van der Waals surface area (Å²) in [6, 6.07) is 13.5. The molecule has 1 N–H and O–H groups in total. The zero-order valence-corrected chi connectivity index (χ0v) is 19.8. The fourth-order valence-corrected chi connectivity index (χ4v) is 6.56. The molecule has 0 spiro atoms. The van der Waals surface area contributed by atoms with Crippen LogP contribution >= 0.6 is 0 Å². The Kier molecular flexibility index (Phi) is 7.50. The number of nitrogens with zero attached hydrogens (tertiary/aromatic N) is 2. The lowest BCUT2D eigenvalue weighted by molar-refractivity contribution is -0.0554. The van der Waals surface area contributed by atoms with Crippen molar-refractivity contribution in [1.29, 1.82) is 0 Å². The van der Waals surface area contributed by atoms with Crippen molar-refractivity contribution in [2.45, 2.75) is 55.5 Å². The van der Waals surface area contributed by atoms with Crippen LogP contribution in [0.1, 0.15) is 49.7 Å². The van der Waals surface area contributed by atoms with Gasteiger partial charge < -0.3 is 5.11 Å². The number of benzene rings is 2. The summed E-state index contributed by atoms with van der Waals surface area (Å²) in [5, 5.41) is 10.1. The molecule has 0 aliphatic carbocycles. The molecule has 176 valence electrons. The van der Waals surface area contributed by atoms with Gasteiger partial charge in [-0.25, -0.2) is 12.8 Å². The van der Waals surface area contributed by atoms with E-state index in [2.05, 4.69) is 23.7 Å². The molecule has 2 heterocycles. The second-order valence-electron chi connectivity index (χ2n) is 8.76. The Bertz CT molecular complexity index is 1120. The molecule has 0 amide bonds. The van der Waals surface area contributed by atoms with Crippen LogP contribution in [0, 0.1) is 17.7 Å². The molecule has 0 bridgehead atoms. The molecular formula is C26H31FN2O3S. The Labute approximate surface area is 196 Å². The molecule has 0 radical (unpaired) electrons. The zero-order valence-electron chi connectivity index (χ0n) is 19.0. The summed E-state index contributed by atoms with van der Waals surface area (Å²) in [5.74, 6) is 5.59. The summed E-state index contributed by atoms with van der Waals surface area (Å²) in [4.78, 5) is 1.93. The second kappa shape index (κ2) is 10.4. The van der Waals surface area contributed by atoms with Crippen LogP contribution in [0.4, 0.5) is 4.39 Å². The van der Waals surface area contributed by atoms with Crippen molar-refractivity contribution >= 4 is 10.0 Å². The summed E-state index contributed by atoms with van der Waals surface area (Å²) in [6.45, 7) is 3.57. The Morgan fingerprint density at radius 2 is 1.82 bits per heavy atom. The fourth-order valence-electron chi connectivity index (χ4n) is 5.00. The predicted octanol–water partition coefficient (Wildman–Crippen LogP) is 3.59. The maximum Gasteiger partial charge on any atom is 0.246 e. The molecule has 2 aliphatic heterocycles. The van der Waals surface area contributed by atoms with Gasteiger partial charge in [-0.15, -0.1) is 0 Å². The van der Waals surface area contributed by atoms with Crippen LogP contribution in [0.2, 0.25) is 0 Å². The van der Waals surface area contributed by atoms with Crippen molar-refractivity contribution in [3.05, 3.63) is 65.5 Å². The van der Waals surface area contributed by atoms with E-state index in [9.17, 15) is 17.9 Å². The Hall–Kier alpha value is -2.24. The minimum atomic E-state index is -3.95. The number of fused-ring (bicyclic) bond motifs is 1. The Balaban J connectivity index is 1.60. The number of rotatable bonds is 5. The largest absolute Gasteiger partial charge is 0.395 e. The van der Waals surface area contributed by atoms with E-state index in [-0.39, 0.29) is 36.0 Å². The number of hydrogen-bond donors (Lipinski definition) is 1. The number of sulfonamides is 1. The highest BCUT2D eigenvalue weighted by atomic mass is 32.2. The molecule has 2 aromatic carbocycles. The van der Waals surface area contributed by atoms with Crippen LogP contribution in [0.25, 0.3) is 0 Å². The first-order valence-corrected chi connectivity index (χ1v) is 13.1. The van der Waals surface area contributed by atoms with Crippen molar-refractivity contribution in [2.24, 2.45) is 0 Å². The van der Waals surface area contributed by atoms with Gasteiger partial charge in [0.05, 0.1) is 6.61 Å². The average molecular weight is 471 g/mol. The molecule has 3 atom stereocenters. The van der Waals surface area contributed by atoms with E-state index in [0.29, 0.717) is 13.0 Å². The quantitative estimate of drug-likeness (QED) is 0.679. The highest BCUT2D eigenvalue weighted by Crippen LogP contribution is 2.42. The molecule has 2 aromatic rings. The number of unbranched alkanes of at least 4 members (excludes halogenated alkanes) is 1. The standard InChI is InChI=1S/C26H31FN2O3S/c1-2-3-4-9-20-12-14-21(15-13-20)26-23-18-28(16-7-8-17-29(23)24(26)19-30)33(31,32)25-11-6-5-10-22(25)27/h5-6,10-15,23-24,26,30H,2-3,7-8,16-19H2,1H3/t23-,24-,26+/m0/s1. The SMILES string of the molecule is CCCC#Cc1ccc([C@H]2[C@H](CO)N3CCCCN(S(=O)(=O)c4ccccc4F)C[C@@H]23)cc1. The number of aliphatic hydroxyl groups excluding tert-OH is 1. The van der Waals surface area contributed by atoms with Gasteiger partial charge in [-0.3, -0.25) is 4.90 Å².